The van der Waals surface area contributed by atoms with E-state index in [4.69, 9.17) is 0 Å². The average Bonchev–Trinajstić information content (AvgIpc) is 2.67. The molecule has 104 valence electrons. The van der Waals surface area contributed by atoms with E-state index in [1.54, 1.807) is 6.08 Å². The number of aromatic nitrogens is 2. The molecule has 0 aliphatic heterocycles. The van der Waals surface area contributed by atoms with Crippen LogP contribution in [0.5, 0.6) is 0 Å². The monoisotopic (exact) mass is 269 g/mol. The zero-order chi connectivity index (χ0) is 14.7. The molecule has 1 heterocycles. The highest BCUT2D eigenvalue weighted by molar-refractivity contribution is 6.00. The van der Waals surface area contributed by atoms with Crippen molar-refractivity contribution < 1.29 is 4.79 Å². The second kappa shape index (κ2) is 5.74. The fourth-order valence-corrected chi connectivity index (χ4v) is 2.07. The lowest BCUT2D eigenvalue weighted by atomic mass is 10.2. The molecule has 0 saturated heterocycles. The summed E-state index contributed by atoms with van der Waals surface area (Å²) in [6, 6.07) is 9.87. The van der Waals surface area contributed by atoms with E-state index in [9.17, 15) is 4.79 Å². The maximum atomic E-state index is 11.8. The van der Waals surface area contributed by atoms with Gasteiger partial charge in [0.05, 0.1) is 22.8 Å². The van der Waals surface area contributed by atoms with Crippen LogP contribution in [0, 0.1) is 13.8 Å². The van der Waals surface area contributed by atoms with Crippen molar-refractivity contribution in [3.8, 4) is 5.69 Å². The number of para-hydroxylation sites is 1. The molecule has 20 heavy (non-hydrogen) atoms. The number of nitrogens with zero attached hydrogens (tertiary/aromatic N) is 2. The van der Waals surface area contributed by atoms with Crippen LogP contribution >= 0.6 is 0 Å². The van der Waals surface area contributed by atoms with Crippen molar-refractivity contribution in [3.63, 3.8) is 0 Å². The molecule has 4 heteroatoms. The van der Waals surface area contributed by atoms with E-state index < -0.39 is 0 Å². The SMILES string of the molecule is CC(C)=CC(=O)Nc1c(C)nn(-c2ccccc2)c1C. The van der Waals surface area contributed by atoms with Crippen molar-refractivity contribution in [2.75, 3.05) is 5.32 Å². The Hall–Kier alpha value is -2.36. The van der Waals surface area contributed by atoms with E-state index in [-0.39, 0.29) is 5.91 Å². The van der Waals surface area contributed by atoms with Crippen LogP contribution in [0.25, 0.3) is 5.69 Å². The molecule has 0 radical (unpaired) electrons. The lowest BCUT2D eigenvalue weighted by molar-refractivity contribution is -0.112. The van der Waals surface area contributed by atoms with E-state index in [1.807, 2.05) is 62.7 Å². The summed E-state index contributed by atoms with van der Waals surface area (Å²) in [5, 5.41) is 7.40. The van der Waals surface area contributed by atoms with Gasteiger partial charge in [-0.1, -0.05) is 23.8 Å². The quantitative estimate of drug-likeness (QED) is 0.868. The molecule has 0 atom stereocenters. The molecule has 1 N–H and O–H groups in total. The van der Waals surface area contributed by atoms with Gasteiger partial charge in [-0.2, -0.15) is 5.10 Å². The predicted octanol–water partition coefficient (Wildman–Crippen LogP) is 3.39. The maximum Gasteiger partial charge on any atom is 0.248 e. The van der Waals surface area contributed by atoms with Gasteiger partial charge in [0, 0.05) is 6.08 Å². The van der Waals surface area contributed by atoms with Crippen LogP contribution in [0.3, 0.4) is 0 Å². The molecule has 0 bridgehead atoms. The fourth-order valence-electron chi connectivity index (χ4n) is 2.07. The third-order valence-corrected chi connectivity index (χ3v) is 2.96. The van der Waals surface area contributed by atoms with Crippen molar-refractivity contribution in [3.05, 3.63) is 53.4 Å². The van der Waals surface area contributed by atoms with Crippen molar-refractivity contribution in [1.29, 1.82) is 0 Å². The van der Waals surface area contributed by atoms with E-state index >= 15 is 0 Å². The van der Waals surface area contributed by atoms with Crippen LogP contribution < -0.4 is 5.32 Å². The summed E-state index contributed by atoms with van der Waals surface area (Å²) in [6.07, 6.45) is 1.58. The number of benzene rings is 1. The van der Waals surface area contributed by atoms with E-state index in [1.165, 1.54) is 0 Å². The van der Waals surface area contributed by atoms with Crippen LogP contribution in [0.2, 0.25) is 0 Å². The minimum Gasteiger partial charge on any atom is -0.319 e. The van der Waals surface area contributed by atoms with Crippen molar-refractivity contribution in [2.45, 2.75) is 27.7 Å². The Bertz CT molecular complexity index is 650. The number of anilines is 1. The Kier molecular flexibility index (Phi) is 4.03. The molecule has 2 aromatic rings. The number of amides is 1. The van der Waals surface area contributed by atoms with Gasteiger partial charge in [-0.3, -0.25) is 4.79 Å². The Morgan fingerprint density at radius 1 is 1.20 bits per heavy atom. The summed E-state index contributed by atoms with van der Waals surface area (Å²) in [6.45, 7) is 7.63. The number of carbonyl (C=O) groups is 1. The van der Waals surface area contributed by atoms with Gasteiger partial charge in [0.2, 0.25) is 5.91 Å². The smallest absolute Gasteiger partial charge is 0.248 e. The molecule has 1 aromatic heterocycles. The summed E-state index contributed by atoms with van der Waals surface area (Å²) in [4.78, 5) is 11.8. The first-order valence-corrected chi connectivity index (χ1v) is 6.56. The van der Waals surface area contributed by atoms with Gasteiger partial charge in [-0.05, 0) is 39.8 Å². The van der Waals surface area contributed by atoms with Gasteiger partial charge < -0.3 is 5.32 Å². The largest absolute Gasteiger partial charge is 0.319 e. The Balaban J connectivity index is 2.35. The highest BCUT2D eigenvalue weighted by Crippen LogP contribution is 2.22. The molecule has 0 unspecified atom stereocenters. The Morgan fingerprint density at radius 2 is 1.85 bits per heavy atom. The topological polar surface area (TPSA) is 46.9 Å². The predicted molar refractivity (Wildman–Crippen MR) is 81.1 cm³/mol. The summed E-state index contributed by atoms with van der Waals surface area (Å²) < 4.78 is 1.84. The first kappa shape index (κ1) is 14.1. The summed E-state index contributed by atoms with van der Waals surface area (Å²) in [5.74, 6) is -0.121. The standard InChI is InChI=1S/C16H19N3O/c1-11(2)10-15(20)17-16-12(3)18-19(13(16)4)14-8-6-5-7-9-14/h5-10H,1-4H3,(H,17,20). The van der Waals surface area contributed by atoms with Gasteiger partial charge >= 0.3 is 0 Å². The molecule has 0 saturated carbocycles. The zero-order valence-corrected chi connectivity index (χ0v) is 12.3. The number of hydrogen-bond donors (Lipinski definition) is 1. The molecule has 0 fully saturated rings. The summed E-state index contributed by atoms with van der Waals surface area (Å²) >= 11 is 0. The average molecular weight is 269 g/mol. The van der Waals surface area contributed by atoms with Crippen molar-refractivity contribution in [1.82, 2.24) is 9.78 Å². The van der Waals surface area contributed by atoms with Crippen LogP contribution in [0.1, 0.15) is 25.2 Å². The summed E-state index contributed by atoms with van der Waals surface area (Å²) in [5.41, 5.74) is 4.45. The van der Waals surface area contributed by atoms with Crippen molar-refractivity contribution >= 4 is 11.6 Å². The number of aryl methyl sites for hydroxylation is 1. The zero-order valence-electron chi connectivity index (χ0n) is 12.3. The van der Waals surface area contributed by atoms with E-state index in [2.05, 4.69) is 10.4 Å². The first-order chi connectivity index (χ1) is 9.49. The molecular weight excluding hydrogens is 250 g/mol. The van der Waals surface area contributed by atoms with Gasteiger partial charge in [-0.15, -0.1) is 0 Å². The number of rotatable bonds is 3. The molecule has 0 aliphatic rings. The normalized spacial score (nSPS) is 10.2. The third kappa shape index (κ3) is 2.96. The first-order valence-electron chi connectivity index (χ1n) is 6.56. The van der Waals surface area contributed by atoms with Crippen molar-refractivity contribution in [2.24, 2.45) is 0 Å². The fraction of sp³-hybridized carbons (Fsp3) is 0.250. The lowest BCUT2D eigenvalue weighted by Gasteiger charge is -2.05. The maximum absolute atomic E-state index is 11.8. The molecule has 1 aromatic carbocycles. The molecule has 0 aliphatic carbocycles. The van der Waals surface area contributed by atoms with Gasteiger partial charge in [-0.25, -0.2) is 4.68 Å². The lowest BCUT2D eigenvalue weighted by Crippen LogP contribution is -2.10. The second-order valence-corrected chi connectivity index (χ2v) is 5.00. The molecule has 4 nitrogen and oxygen atoms in total. The van der Waals surface area contributed by atoms with Crippen LogP contribution in [-0.2, 0) is 4.79 Å². The van der Waals surface area contributed by atoms with Crippen LogP contribution in [0.15, 0.2) is 42.0 Å². The number of allylic oxidation sites excluding steroid dienone is 1. The Morgan fingerprint density at radius 3 is 2.45 bits per heavy atom. The number of carbonyl (C=O) groups excluding carboxylic acids is 1. The molecular formula is C16H19N3O. The molecule has 0 spiro atoms. The van der Waals surface area contributed by atoms with Crippen LogP contribution in [-0.4, -0.2) is 15.7 Å². The number of nitrogens with one attached hydrogen (secondary N) is 1. The number of hydrogen-bond acceptors (Lipinski definition) is 2. The van der Waals surface area contributed by atoms with Gasteiger partial charge in [0.25, 0.3) is 0 Å². The highest BCUT2D eigenvalue weighted by Gasteiger charge is 2.14. The van der Waals surface area contributed by atoms with Gasteiger partial charge in [0.15, 0.2) is 0 Å². The molecule has 2 rings (SSSR count). The molecule has 1 amide bonds. The minimum atomic E-state index is -0.121. The van der Waals surface area contributed by atoms with E-state index in [0.717, 1.165) is 28.3 Å². The van der Waals surface area contributed by atoms with Crippen LogP contribution in [0.4, 0.5) is 5.69 Å². The highest BCUT2D eigenvalue weighted by atomic mass is 16.1. The third-order valence-electron chi connectivity index (χ3n) is 2.96. The van der Waals surface area contributed by atoms with E-state index in [0.29, 0.717) is 0 Å². The summed E-state index contributed by atoms with van der Waals surface area (Å²) in [7, 11) is 0. The minimum absolute atomic E-state index is 0.121. The Labute approximate surface area is 119 Å². The van der Waals surface area contributed by atoms with Gasteiger partial charge in [0.1, 0.15) is 0 Å². The second-order valence-electron chi connectivity index (χ2n) is 5.00.